The van der Waals surface area contributed by atoms with Crippen LogP contribution in [0.5, 0.6) is 0 Å². The number of urea groups is 1. The Bertz CT molecular complexity index is 1100. The SMILES string of the molecule is Cc1cc(C2NNC3CC4NC(=O)N([C@@H]5CN(Cc6ccccc6)CC(F)(F)C5)CC4CC32)ccn1. The Balaban J connectivity index is 1.17. The molecule has 1 aromatic carbocycles. The average Bonchev–Trinajstić information content (AvgIpc) is 3.24. The van der Waals surface area contributed by atoms with E-state index in [-0.39, 0.29) is 43.0 Å². The molecule has 7 nitrogen and oxygen atoms in total. The van der Waals surface area contributed by atoms with Gasteiger partial charge in [-0.05, 0) is 54.9 Å². The number of amides is 2. The average molecular weight is 497 g/mol. The van der Waals surface area contributed by atoms with Crippen LogP contribution in [-0.4, -0.2) is 64.5 Å². The minimum absolute atomic E-state index is 0.0618. The molecule has 4 fully saturated rings. The van der Waals surface area contributed by atoms with E-state index in [1.165, 1.54) is 5.56 Å². The molecule has 6 atom stereocenters. The van der Waals surface area contributed by atoms with Crippen molar-refractivity contribution in [3.05, 3.63) is 65.5 Å². The molecule has 6 rings (SSSR count). The summed E-state index contributed by atoms with van der Waals surface area (Å²) in [7, 11) is 0. The summed E-state index contributed by atoms with van der Waals surface area (Å²) in [6.45, 7) is 3.18. The third kappa shape index (κ3) is 4.71. The van der Waals surface area contributed by atoms with Gasteiger partial charge in [0.05, 0.1) is 18.6 Å². The molecule has 1 aromatic heterocycles. The number of aryl methyl sites for hydroxylation is 1. The van der Waals surface area contributed by atoms with Gasteiger partial charge in [-0.3, -0.25) is 15.3 Å². The molecule has 36 heavy (non-hydrogen) atoms. The van der Waals surface area contributed by atoms with Gasteiger partial charge in [-0.2, -0.15) is 0 Å². The van der Waals surface area contributed by atoms with Crippen molar-refractivity contribution in [3.63, 3.8) is 0 Å². The lowest BCUT2D eigenvalue weighted by Crippen LogP contribution is -2.66. The fourth-order valence-corrected chi connectivity index (χ4v) is 6.85. The summed E-state index contributed by atoms with van der Waals surface area (Å²) < 4.78 is 29.7. The number of halogens is 2. The van der Waals surface area contributed by atoms with Gasteiger partial charge >= 0.3 is 6.03 Å². The van der Waals surface area contributed by atoms with E-state index in [4.69, 9.17) is 0 Å². The summed E-state index contributed by atoms with van der Waals surface area (Å²) in [4.78, 5) is 21.0. The summed E-state index contributed by atoms with van der Waals surface area (Å²) in [6, 6.07) is 13.7. The molecule has 0 bridgehead atoms. The molecule has 3 aliphatic heterocycles. The maximum absolute atomic E-state index is 14.8. The van der Waals surface area contributed by atoms with Gasteiger partial charge in [0.25, 0.3) is 5.92 Å². The Labute approximate surface area is 210 Å². The van der Waals surface area contributed by atoms with E-state index in [0.29, 0.717) is 25.6 Å². The number of aromatic nitrogens is 1. The fourth-order valence-electron chi connectivity index (χ4n) is 6.85. The predicted molar refractivity (Wildman–Crippen MR) is 132 cm³/mol. The zero-order valence-corrected chi connectivity index (χ0v) is 20.5. The predicted octanol–water partition coefficient (Wildman–Crippen LogP) is 3.24. The smallest absolute Gasteiger partial charge is 0.317 e. The zero-order valence-electron chi connectivity index (χ0n) is 20.5. The van der Waals surface area contributed by atoms with Gasteiger partial charge in [-0.15, -0.1) is 0 Å². The summed E-state index contributed by atoms with van der Waals surface area (Å²) in [6.07, 6.45) is 3.33. The van der Waals surface area contributed by atoms with Gasteiger partial charge in [0.2, 0.25) is 0 Å². The fraction of sp³-hybridized carbons (Fsp3) is 0.556. The van der Waals surface area contributed by atoms with Crippen LogP contribution in [0.2, 0.25) is 0 Å². The number of rotatable bonds is 4. The number of fused-ring (bicyclic) bond motifs is 2. The van der Waals surface area contributed by atoms with E-state index in [9.17, 15) is 13.6 Å². The Morgan fingerprint density at radius 1 is 1.08 bits per heavy atom. The molecule has 9 heteroatoms. The van der Waals surface area contributed by atoms with Crippen molar-refractivity contribution in [1.29, 1.82) is 0 Å². The second-order valence-electron chi connectivity index (χ2n) is 11.1. The first kappa shape index (κ1) is 23.8. The lowest BCUT2D eigenvalue weighted by molar-refractivity contribution is -0.0947. The van der Waals surface area contributed by atoms with Crippen molar-refractivity contribution in [2.75, 3.05) is 19.6 Å². The molecule has 5 unspecified atom stereocenters. The van der Waals surface area contributed by atoms with Gasteiger partial charge in [-0.1, -0.05) is 30.3 Å². The highest BCUT2D eigenvalue weighted by atomic mass is 19.3. The molecule has 2 aromatic rings. The Kier molecular flexibility index (Phi) is 6.17. The van der Waals surface area contributed by atoms with Crippen molar-refractivity contribution >= 4 is 6.03 Å². The number of likely N-dealkylation sites (tertiary alicyclic amines) is 1. The first-order valence-corrected chi connectivity index (χ1v) is 13.0. The Hall–Kier alpha value is -2.62. The zero-order chi connectivity index (χ0) is 24.9. The van der Waals surface area contributed by atoms with Gasteiger partial charge in [0.15, 0.2) is 0 Å². The normalized spacial score (nSPS) is 34.1. The van der Waals surface area contributed by atoms with Crippen LogP contribution >= 0.6 is 0 Å². The van der Waals surface area contributed by atoms with Crippen LogP contribution in [0.3, 0.4) is 0 Å². The largest absolute Gasteiger partial charge is 0.335 e. The molecule has 1 saturated carbocycles. The van der Waals surface area contributed by atoms with E-state index < -0.39 is 12.0 Å². The number of hydrogen-bond donors (Lipinski definition) is 3. The monoisotopic (exact) mass is 496 g/mol. The minimum Gasteiger partial charge on any atom is -0.335 e. The van der Waals surface area contributed by atoms with Crippen LogP contribution in [0.4, 0.5) is 13.6 Å². The second-order valence-corrected chi connectivity index (χ2v) is 11.1. The minimum atomic E-state index is -2.82. The molecule has 0 spiro atoms. The number of carbonyl (C=O) groups is 1. The summed E-state index contributed by atoms with van der Waals surface area (Å²) >= 11 is 0. The van der Waals surface area contributed by atoms with Gasteiger partial charge < -0.3 is 10.2 Å². The maximum atomic E-state index is 14.8. The molecule has 4 heterocycles. The molecular weight excluding hydrogens is 462 g/mol. The first-order valence-electron chi connectivity index (χ1n) is 13.0. The number of pyridine rings is 1. The molecular formula is C27H34F2N6O. The third-order valence-corrected chi connectivity index (χ3v) is 8.45. The number of alkyl halides is 2. The maximum Gasteiger partial charge on any atom is 0.317 e. The van der Waals surface area contributed by atoms with Crippen molar-refractivity contribution in [3.8, 4) is 0 Å². The molecule has 2 amide bonds. The van der Waals surface area contributed by atoms with Crippen LogP contribution in [0.1, 0.15) is 42.1 Å². The number of hydrazine groups is 1. The van der Waals surface area contributed by atoms with Gasteiger partial charge in [-0.25, -0.2) is 19.0 Å². The number of benzene rings is 1. The first-order chi connectivity index (χ1) is 17.3. The van der Waals surface area contributed by atoms with Gasteiger partial charge in [0, 0.05) is 50.0 Å². The molecule has 3 N–H and O–H groups in total. The van der Waals surface area contributed by atoms with Crippen molar-refractivity contribution in [1.82, 2.24) is 31.0 Å². The summed E-state index contributed by atoms with van der Waals surface area (Å²) in [5.41, 5.74) is 10.1. The molecule has 1 aliphatic carbocycles. The number of nitrogens with zero attached hydrogens (tertiary/aromatic N) is 3. The standard InChI is InChI=1S/C27H34F2N6O/c1-17-9-19(7-8-30-17)25-22-10-20-14-35(26(36)31-23(20)11-24(22)32-33-25)21-12-27(28,29)16-34(15-21)13-18-5-3-2-4-6-18/h2-9,20-25,32-33H,10-16H2,1H3,(H,31,36)/t20?,21-,22?,23?,24?,25?/m0/s1. The number of nitrogens with one attached hydrogen (secondary N) is 3. The van der Waals surface area contributed by atoms with Crippen LogP contribution in [-0.2, 0) is 6.54 Å². The number of piperidine rings is 1. The quantitative estimate of drug-likeness (QED) is 0.606. The highest BCUT2D eigenvalue weighted by Crippen LogP contribution is 2.42. The van der Waals surface area contributed by atoms with E-state index in [2.05, 4.69) is 33.3 Å². The second kappa shape index (κ2) is 9.36. The van der Waals surface area contributed by atoms with Crippen LogP contribution in [0.15, 0.2) is 48.7 Å². The van der Waals surface area contributed by atoms with Crippen molar-refractivity contribution in [2.45, 2.75) is 62.8 Å². The van der Waals surface area contributed by atoms with Crippen LogP contribution < -0.4 is 16.2 Å². The highest BCUT2D eigenvalue weighted by molar-refractivity contribution is 5.76. The van der Waals surface area contributed by atoms with E-state index in [1.54, 1.807) is 9.80 Å². The Morgan fingerprint density at radius 2 is 1.92 bits per heavy atom. The lowest BCUT2D eigenvalue weighted by Gasteiger charge is -2.50. The summed E-state index contributed by atoms with van der Waals surface area (Å²) in [5, 5.41) is 3.18. The van der Waals surface area contributed by atoms with Gasteiger partial charge in [0.1, 0.15) is 0 Å². The van der Waals surface area contributed by atoms with Crippen LogP contribution in [0.25, 0.3) is 0 Å². The van der Waals surface area contributed by atoms with E-state index in [1.807, 2.05) is 43.5 Å². The molecule has 0 radical (unpaired) electrons. The molecule has 192 valence electrons. The Morgan fingerprint density at radius 3 is 2.72 bits per heavy atom. The topological polar surface area (TPSA) is 72.5 Å². The summed E-state index contributed by atoms with van der Waals surface area (Å²) in [5.74, 6) is -2.22. The van der Waals surface area contributed by atoms with E-state index in [0.717, 1.165) is 24.1 Å². The molecule has 3 saturated heterocycles. The number of hydrogen-bond acceptors (Lipinski definition) is 5. The molecule has 4 aliphatic rings. The van der Waals surface area contributed by atoms with Crippen molar-refractivity contribution < 1.29 is 13.6 Å². The van der Waals surface area contributed by atoms with Crippen molar-refractivity contribution in [2.24, 2.45) is 11.8 Å². The van der Waals surface area contributed by atoms with Crippen LogP contribution in [0, 0.1) is 18.8 Å². The van der Waals surface area contributed by atoms with E-state index >= 15 is 0 Å². The highest BCUT2D eigenvalue weighted by Gasteiger charge is 2.50. The third-order valence-electron chi connectivity index (χ3n) is 8.45. The number of carbonyl (C=O) groups excluding carboxylic acids is 1. The lowest BCUT2D eigenvalue weighted by atomic mass is 9.71.